The lowest BCUT2D eigenvalue weighted by Crippen LogP contribution is -2.46. The summed E-state index contributed by atoms with van der Waals surface area (Å²) < 4.78 is 0. The second-order valence-electron chi connectivity index (χ2n) is 6.73. The molecule has 0 aliphatic carbocycles. The number of rotatable bonds is 6. The van der Waals surface area contributed by atoms with Crippen molar-refractivity contribution in [1.29, 1.82) is 0 Å². The van der Waals surface area contributed by atoms with Crippen LogP contribution in [0.2, 0.25) is 0 Å². The van der Waals surface area contributed by atoms with E-state index in [4.69, 9.17) is 0 Å². The molecular formula is C19H23N3O4. The molecule has 4 amide bonds. The SMILES string of the molecule is CCC1(CC)NC(=O)N(CC(=O)c2cccc(N3CCCC3=O)c2)C1=O. The number of hydrogen-bond acceptors (Lipinski definition) is 4. The minimum atomic E-state index is -0.915. The van der Waals surface area contributed by atoms with Crippen molar-refractivity contribution < 1.29 is 19.2 Å². The van der Waals surface area contributed by atoms with Gasteiger partial charge in [0.05, 0.1) is 6.54 Å². The number of Topliss-reactive ketones (excluding diaryl/α,β-unsaturated/α-hetero) is 1. The molecule has 2 aliphatic heterocycles. The van der Waals surface area contributed by atoms with E-state index in [1.807, 2.05) is 13.8 Å². The highest BCUT2D eigenvalue weighted by molar-refractivity contribution is 6.11. The van der Waals surface area contributed by atoms with Crippen LogP contribution in [0.4, 0.5) is 10.5 Å². The standard InChI is InChI=1S/C19H23N3O4/c1-3-19(4-2)17(25)22(18(26)20-19)12-15(23)13-7-5-8-14(11-13)21-10-6-9-16(21)24/h5,7-8,11H,3-4,6,9-10,12H2,1-2H3,(H,20,26). The Bertz CT molecular complexity index is 770. The molecule has 7 heteroatoms. The third-order valence-electron chi connectivity index (χ3n) is 5.31. The molecular weight excluding hydrogens is 334 g/mol. The zero-order chi connectivity index (χ0) is 18.9. The van der Waals surface area contributed by atoms with E-state index in [9.17, 15) is 19.2 Å². The number of hydrogen-bond donors (Lipinski definition) is 1. The molecule has 0 atom stereocenters. The first-order valence-electron chi connectivity index (χ1n) is 8.99. The number of ketones is 1. The Morgan fingerprint density at radius 1 is 1.19 bits per heavy atom. The summed E-state index contributed by atoms with van der Waals surface area (Å²) in [5.74, 6) is -0.643. The van der Waals surface area contributed by atoms with Gasteiger partial charge in [-0.1, -0.05) is 26.0 Å². The summed E-state index contributed by atoms with van der Waals surface area (Å²) in [5, 5.41) is 2.72. The van der Waals surface area contributed by atoms with E-state index in [0.717, 1.165) is 11.3 Å². The van der Waals surface area contributed by atoms with Gasteiger partial charge in [-0.3, -0.25) is 19.3 Å². The van der Waals surface area contributed by atoms with Crippen molar-refractivity contribution in [3.05, 3.63) is 29.8 Å². The molecule has 0 saturated carbocycles. The van der Waals surface area contributed by atoms with Crippen LogP contribution >= 0.6 is 0 Å². The monoisotopic (exact) mass is 357 g/mol. The summed E-state index contributed by atoms with van der Waals surface area (Å²) in [6.07, 6.45) is 2.27. The maximum Gasteiger partial charge on any atom is 0.325 e. The molecule has 3 rings (SSSR count). The number of benzene rings is 1. The molecule has 0 bridgehead atoms. The number of carbonyl (C=O) groups is 4. The Hall–Kier alpha value is -2.70. The van der Waals surface area contributed by atoms with Crippen LogP contribution in [0.15, 0.2) is 24.3 Å². The maximum atomic E-state index is 12.7. The fraction of sp³-hybridized carbons (Fsp3) is 0.474. The number of imide groups is 1. The number of urea groups is 1. The van der Waals surface area contributed by atoms with Crippen LogP contribution in [0.3, 0.4) is 0 Å². The summed E-state index contributed by atoms with van der Waals surface area (Å²) >= 11 is 0. The molecule has 0 unspecified atom stereocenters. The van der Waals surface area contributed by atoms with E-state index in [1.54, 1.807) is 29.2 Å². The first-order chi connectivity index (χ1) is 12.4. The molecule has 1 N–H and O–H groups in total. The lowest BCUT2D eigenvalue weighted by Gasteiger charge is -2.23. The minimum absolute atomic E-state index is 0.0411. The average Bonchev–Trinajstić information content (AvgIpc) is 3.18. The number of amides is 4. The predicted octanol–water partition coefficient (Wildman–Crippen LogP) is 2.11. The van der Waals surface area contributed by atoms with Crippen LogP contribution < -0.4 is 10.2 Å². The van der Waals surface area contributed by atoms with Gasteiger partial charge >= 0.3 is 6.03 Å². The average molecular weight is 357 g/mol. The fourth-order valence-electron chi connectivity index (χ4n) is 3.55. The Balaban J connectivity index is 1.77. The van der Waals surface area contributed by atoms with Crippen molar-refractivity contribution in [2.24, 2.45) is 0 Å². The van der Waals surface area contributed by atoms with Crippen molar-refractivity contribution in [3.63, 3.8) is 0 Å². The zero-order valence-electron chi connectivity index (χ0n) is 15.1. The third-order valence-corrected chi connectivity index (χ3v) is 5.31. The van der Waals surface area contributed by atoms with Gasteiger partial charge in [0.2, 0.25) is 5.91 Å². The summed E-state index contributed by atoms with van der Waals surface area (Å²) in [4.78, 5) is 52.0. The van der Waals surface area contributed by atoms with E-state index in [1.165, 1.54) is 0 Å². The van der Waals surface area contributed by atoms with Gasteiger partial charge < -0.3 is 10.2 Å². The molecule has 0 aromatic heterocycles. The Kier molecular flexibility index (Phi) is 4.80. The number of carbonyl (C=O) groups excluding carboxylic acids is 4. The predicted molar refractivity (Wildman–Crippen MR) is 95.9 cm³/mol. The molecule has 2 saturated heterocycles. The first kappa shape index (κ1) is 18.1. The lowest BCUT2D eigenvalue weighted by molar-refractivity contribution is -0.131. The van der Waals surface area contributed by atoms with Crippen molar-refractivity contribution in [2.75, 3.05) is 18.0 Å². The minimum Gasteiger partial charge on any atom is -0.323 e. The zero-order valence-corrected chi connectivity index (χ0v) is 15.1. The highest BCUT2D eigenvalue weighted by Crippen LogP contribution is 2.26. The molecule has 0 spiro atoms. The van der Waals surface area contributed by atoms with Gasteiger partial charge in [-0.2, -0.15) is 0 Å². The molecule has 7 nitrogen and oxygen atoms in total. The number of nitrogens with one attached hydrogen (secondary N) is 1. The van der Waals surface area contributed by atoms with Gasteiger partial charge in [0.1, 0.15) is 5.54 Å². The molecule has 2 aliphatic rings. The van der Waals surface area contributed by atoms with E-state index >= 15 is 0 Å². The summed E-state index contributed by atoms with van der Waals surface area (Å²) in [5.41, 5.74) is 0.140. The Morgan fingerprint density at radius 3 is 2.50 bits per heavy atom. The lowest BCUT2D eigenvalue weighted by atomic mass is 9.93. The molecule has 1 aromatic carbocycles. The highest BCUT2D eigenvalue weighted by atomic mass is 16.2. The fourth-order valence-corrected chi connectivity index (χ4v) is 3.55. The van der Waals surface area contributed by atoms with Gasteiger partial charge in [0, 0.05) is 24.2 Å². The van der Waals surface area contributed by atoms with Crippen molar-refractivity contribution in [1.82, 2.24) is 10.2 Å². The van der Waals surface area contributed by atoms with Gasteiger partial charge in [-0.25, -0.2) is 4.79 Å². The molecule has 1 aromatic rings. The largest absolute Gasteiger partial charge is 0.325 e. The normalized spacial score (nSPS) is 19.2. The van der Waals surface area contributed by atoms with Gasteiger partial charge in [0.25, 0.3) is 5.91 Å². The Morgan fingerprint density at radius 2 is 1.92 bits per heavy atom. The topological polar surface area (TPSA) is 86.8 Å². The summed E-state index contributed by atoms with van der Waals surface area (Å²) in [6, 6.07) is 6.25. The second kappa shape index (κ2) is 6.90. The van der Waals surface area contributed by atoms with Crippen LogP contribution in [-0.4, -0.2) is 47.2 Å². The van der Waals surface area contributed by atoms with Gasteiger partial charge in [-0.05, 0) is 31.4 Å². The summed E-state index contributed by atoms with van der Waals surface area (Å²) in [7, 11) is 0. The molecule has 26 heavy (non-hydrogen) atoms. The van der Waals surface area contributed by atoms with E-state index in [2.05, 4.69) is 5.32 Å². The van der Waals surface area contributed by atoms with Gasteiger partial charge in [-0.15, -0.1) is 0 Å². The Labute approximate surface area is 152 Å². The van der Waals surface area contributed by atoms with E-state index in [0.29, 0.717) is 37.1 Å². The van der Waals surface area contributed by atoms with Crippen molar-refractivity contribution in [2.45, 2.75) is 45.1 Å². The molecule has 0 radical (unpaired) electrons. The van der Waals surface area contributed by atoms with Crippen molar-refractivity contribution >= 4 is 29.3 Å². The molecule has 2 fully saturated rings. The van der Waals surface area contributed by atoms with E-state index in [-0.39, 0.29) is 24.1 Å². The smallest absolute Gasteiger partial charge is 0.323 e. The first-order valence-corrected chi connectivity index (χ1v) is 8.99. The third kappa shape index (κ3) is 2.98. The summed E-state index contributed by atoms with van der Waals surface area (Å²) in [6.45, 7) is 4.01. The van der Waals surface area contributed by atoms with Crippen LogP contribution in [0.5, 0.6) is 0 Å². The van der Waals surface area contributed by atoms with Crippen LogP contribution in [0.1, 0.15) is 49.9 Å². The number of nitrogens with zero attached hydrogens (tertiary/aromatic N) is 2. The van der Waals surface area contributed by atoms with Crippen LogP contribution in [0, 0.1) is 0 Å². The highest BCUT2D eigenvalue weighted by Gasteiger charge is 2.49. The van der Waals surface area contributed by atoms with Crippen molar-refractivity contribution in [3.8, 4) is 0 Å². The second-order valence-corrected chi connectivity index (χ2v) is 6.73. The quantitative estimate of drug-likeness (QED) is 0.624. The van der Waals surface area contributed by atoms with Crippen LogP contribution in [0.25, 0.3) is 0 Å². The number of anilines is 1. The van der Waals surface area contributed by atoms with Gasteiger partial charge in [0.15, 0.2) is 5.78 Å². The molecule has 138 valence electrons. The van der Waals surface area contributed by atoms with Crippen LogP contribution in [-0.2, 0) is 9.59 Å². The molecule has 2 heterocycles. The van der Waals surface area contributed by atoms with E-state index < -0.39 is 11.6 Å². The maximum absolute atomic E-state index is 12.7.